The first-order valence-corrected chi connectivity index (χ1v) is 12.1. The van der Waals surface area contributed by atoms with E-state index in [9.17, 15) is 4.79 Å². The lowest BCUT2D eigenvalue weighted by atomic mass is 10.1. The van der Waals surface area contributed by atoms with Crippen molar-refractivity contribution >= 4 is 52.1 Å². The summed E-state index contributed by atoms with van der Waals surface area (Å²) in [4.78, 5) is 11.8. The molecule has 0 fully saturated rings. The quantitative estimate of drug-likeness (QED) is 0.285. The number of halogens is 3. The molecule has 0 saturated heterocycles. The first-order chi connectivity index (χ1) is 16.3. The van der Waals surface area contributed by atoms with Crippen molar-refractivity contribution in [3.05, 3.63) is 80.8 Å². The maximum Gasteiger partial charge on any atom is 0.226 e. The van der Waals surface area contributed by atoms with Crippen molar-refractivity contribution in [2.24, 2.45) is 5.92 Å². The highest BCUT2D eigenvalue weighted by Gasteiger charge is 2.14. The van der Waals surface area contributed by atoms with Crippen LogP contribution in [0.2, 0.25) is 15.1 Å². The minimum Gasteiger partial charge on any atom is -0.490 e. The largest absolute Gasteiger partial charge is 0.490 e. The molecular weight excluding hydrogens is 495 g/mol. The molecule has 34 heavy (non-hydrogen) atoms. The van der Waals surface area contributed by atoms with E-state index in [1.54, 1.807) is 12.1 Å². The van der Waals surface area contributed by atoms with Crippen molar-refractivity contribution in [2.45, 2.75) is 33.9 Å². The molecule has 8 heteroatoms. The Morgan fingerprint density at radius 3 is 2.18 bits per heavy atom. The second kappa shape index (κ2) is 12.2. The molecule has 0 saturated carbocycles. The third-order valence-electron chi connectivity index (χ3n) is 4.91. The topological polar surface area (TPSA) is 59.6 Å². The number of anilines is 2. The van der Waals surface area contributed by atoms with E-state index in [-0.39, 0.29) is 18.4 Å². The predicted molar refractivity (Wildman–Crippen MR) is 141 cm³/mol. The number of carbonyl (C=O) groups is 1. The summed E-state index contributed by atoms with van der Waals surface area (Å²) in [6, 6.07) is 16.6. The number of hydrogen-bond donors (Lipinski definition) is 2. The second-order valence-electron chi connectivity index (χ2n) is 7.95. The summed E-state index contributed by atoms with van der Waals surface area (Å²) in [5, 5.41) is 7.65. The number of benzene rings is 3. The van der Waals surface area contributed by atoms with Gasteiger partial charge in [-0.25, -0.2) is 0 Å². The second-order valence-corrected chi connectivity index (χ2v) is 9.17. The summed E-state index contributed by atoms with van der Waals surface area (Å²) in [5.74, 6) is 0.959. The first kappa shape index (κ1) is 26.0. The molecule has 0 heterocycles. The highest BCUT2D eigenvalue weighted by atomic mass is 35.5. The summed E-state index contributed by atoms with van der Waals surface area (Å²) in [7, 11) is 0. The fourth-order valence-corrected chi connectivity index (χ4v) is 3.68. The zero-order valence-electron chi connectivity index (χ0n) is 19.3. The predicted octanol–water partition coefficient (Wildman–Crippen LogP) is 7.83. The molecule has 0 aliphatic heterocycles. The molecule has 0 aliphatic rings. The third kappa shape index (κ3) is 7.20. The van der Waals surface area contributed by atoms with Gasteiger partial charge in [-0.3, -0.25) is 4.79 Å². The average Bonchev–Trinajstić information content (AvgIpc) is 2.80. The van der Waals surface area contributed by atoms with Crippen LogP contribution in [0.4, 0.5) is 11.4 Å². The van der Waals surface area contributed by atoms with Crippen molar-refractivity contribution < 1.29 is 14.3 Å². The van der Waals surface area contributed by atoms with Gasteiger partial charge in [0, 0.05) is 23.8 Å². The van der Waals surface area contributed by atoms with Crippen molar-refractivity contribution in [3.63, 3.8) is 0 Å². The van der Waals surface area contributed by atoms with Crippen LogP contribution in [0.3, 0.4) is 0 Å². The molecule has 0 bridgehead atoms. The lowest BCUT2D eigenvalue weighted by Crippen LogP contribution is -2.17. The Morgan fingerprint density at radius 1 is 0.853 bits per heavy atom. The number of amides is 1. The normalized spacial score (nSPS) is 10.8. The number of ether oxygens (including phenoxy) is 2. The van der Waals surface area contributed by atoms with E-state index >= 15 is 0 Å². The van der Waals surface area contributed by atoms with Crippen molar-refractivity contribution in [1.82, 2.24) is 0 Å². The molecule has 0 atom stereocenters. The fourth-order valence-electron chi connectivity index (χ4n) is 3.07. The lowest BCUT2D eigenvalue weighted by Gasteiger charge is -2.16. The minimum atomic E-state index is -0.0713. The van der Waals surface area contributed by atoms with Gasteiger partial charge in [0.15, 0.2) is 11.5 Å². The highest BCUT2D eigenvalue weighted by molar-refractivity contribution is 6.42. The van der Waals surface area contributed by atoms with Gasteiger partial charge in [0.1, 0.15) is 6.61 Å². The van der Waals surface area contributed by atoms with Gasteiger partial charge in [0.05, 0.1) is 21.7 Å². The third-order valence-corrected chi connectivity index (χ3v) is 5.93. The Hall–Kier alpha value is -2.60. The summed E-state index contributed by atoms with van der Waals surface area (Å²) in [6.07, 6.45) is 0. The Balaban J connectivity index is 1.67. The molecule has 3 rings (SSSR count). The van der Waals surface area contributed by atoms with Gasteiger partial charge in [0.25, 0.3) is 0 Å². The molecule has 0 spiro atoms. The Bertz CT molecular complexity index is 1130. The first-order valence-electron chi connectivity index (χ1n) is 10.9. The van der Waals surface area contributed by atoms with Crippen molar-refractivity contribution in [1.29, 1.82) is 0 Å². The van der Waals surface area contributed by atoms with E-state index in [1.165, 1.54) is 0 Å². The summed E-state index contributed by atoms with van der Waals surface area (Å²) >= 11 is 18.6. The van der Waals surface area contributed by atoms with E-state index in [0.717, 1.165) is 22.5 Å². The van der Waals surface area contributed by atoms with Crippen LogP contribution in [0.25, 0.3) is 0 Å². The molecule has 0 aromatic heterocycles. The van der Waals surface area contributed by atoms with Crippen LogP contribution in [-0.2, 0) is 17.9 Å². The summed E-state index contributed by atoms with van der Waals surface area (Å²) in [5.41, 5.74) is 3.48. The maximum atomic E-state index is 11.8. The van der Waals surface area contributed by atoms with Crippen LogP contribution in [0.5, 0.6) is 11.5 Å². The van der Waals surface area contributed by atoms with Gasteiger partial charge >= 0.3 is 0 Å². The van der Waals surface area contributed by atoms with Gasteiger partial charge in [0.2, 0.25) is 5.91 Å². The van der Waals surface area contributed by atoms with Gasteiger partial charge in [-0.2, -0.15) is 0 Å². The zero-order valence-corrected chi connectivity index (χ0v) is 21.5. The van der Waals surface area contributed by atoms with Gasteiger partial charge in [-0.15, -0.1) is 0 Å². The molecule has 0 aliphatic carbocycles. The van der Waals surface area contributed by atoms with Crippen LogP contribution in [0.1, 0.15) is 31.9 Å². The lowest BCUT2D eigenvalue weighted by molar-refractivity contribution is -0.118. The maximum absolute atomic E-state index is 11.8. The standard InChI is InChI=1S/C26H27Cl3N2O3/c1-4-33-24-13-18(14-30-19-6-8-20(9-7-19)31-26(32)16(2)3)12-23(29)25(24)34-15-17-5-10-21(27)22(28)11-17/h5-13,16,30H,4,14-15H2,1-3H3,(H,31,32). The van der Waals surface area contributed by atoms with Crippen LogP contribution in [0.15, 0.2) is 54.6 Å². The Morgan fingerprint density at radius 2 is 1.53 bits per heavy atom. The number of carbonyl (C=O) groups excluding carboxylic acids is 1. The molecule has 3 aromatic rings. The molecule has 3 aromatic carbocycles. The van der Waals surface area contributed by atoms with Crippen LogP contribution < -0.4 is 20.1 Å². The van der Waals surface area contributed by atoms with Crippen LogP contribution in [-0.4, -0.2) is 12.5 Å². The average molecular weight is 522 g/mol. The Labute approximate surface area is 215 Å². The van der Waals surface area contributed by atoms with Crippen molar-refractivity contribution in [3.8, 4) is 11.5 Å². The van der Waals surface area contributed by atoms with E-state index < -0.39 is 0 Å². The molecule has 2 N–H and O–H groups in total. The van der Waals surface area contributed by atoms with Crippen LogP contribution in [0, 0.1) is 5.92 Å². The molecule has 1 amide bonds. The SMILES string of the molecule is CCOc1cc(CNc2ccc(NC(=O)C(C)C)cc2)cc(Cl)c1OCc1ccc(Cl)c(Cl)c1. The van der Waals surface area contributed by atoms with Crippen molar-refractivity contribution in [2.75, 3.05) is 17.2 Å². The van der Waals surface area contributed by atoms with E-state index in [1.807, 2.05) is 63.2 Å². The number of rotatable bonds is 10. The molecular formula is C26H27Cl3N2O3. The van der Waals surface area contributed by atoms with E-state index in [4.69, 9.17) is 44.3 Å². The Kier molecular flexibility index (Phi) is 9.34. The highest BCUT2D eigenvalue weighted by Crippen LogP contribution is 2.37. The van der Waals surface area contributed by atoms with E-state index in [0.29, 0.717) is 39.7 Å². The van der Waals surface area contributed by atoms with Gasteiger partial charge in [-0.1, -0.05) is 54.7 Å². The van der Waals surface area contributed by atoms with Gasteiger partial charge < -0.3 is 20.1 Å². The van der Waals surface area contributed by atoms with E-state index in [2.05, 4.69) is 10.6 Å². The molecule has 180 valence electrons. The number of hydrogen-bond acceptors (Lipinski definition) is 4. The van der Waals surface area contributed by atoms with Gasteiger partial charge in [-0.05, 0) is 66.6 Å². The summed E-state index contributed by atoms with van der Waals surface area (Å²) in [6.45, 7) is 6.90. The molecule has 0 radical (unpaired) electrons. The molecule has 0 unspecified atom stereocenters. The monoisotopic (exact) mass is 520 g/mol. The minimum absolute atomic E-state index is 0.0136. The van der Waals surface area contributed by atoms with Crippen LogP contribution >= 0.6 is 34.8 Å². The fraction of sp³-hybridized carbons (Fsp3) is 0.269. The molecule has 5 nitrogen and oxygen atoms in total. The zero-order chi connectivity index (χ0) is 24.7. The smallest absolute Gasteiger partial charge is 0.226 e. The summed E-state index contributed by atoms with van der Waals surface area (Å²) < 4.78 is 11.8. The number of nitrogens with one attached hydrogen (secondary N) is 2.